The van der Waals surface area contributed by atoms with Crippen LogP contribution in [0.4, 0.5) is 11.4 Å². The van der Waals surface area contributed by atoms with Crippen molar-refractivity contribution in [2.45, 2.75) is 38.0 Å². The van der Waals surface area contributed by atoms with Crippen molar-refractivity contribution in [3.8, 4) is 0 Å². The summed E-state index contributed by atoms with van der Waals surface area (Å²) in [5.41, 5.74) is 4.79. The van der Waals surface area contributed by atoms with Gasteiger partial charge in [0.1, 0.15) is 0 Å². The fourth-order valence-electron chi connectivity index (χ4n) is 5.15. The van der Waals surface area contributed by atoms with E-state index in [2.05, 4.69) is 62.7 Å². The van der Waals surface area contributed by atoms with Gasteiger partial charge >= 0.3 is 0 Å². The number of anilines is 2. The average molecular weight is 417 g/mol. The van der Waals surface area contributed by atoms with Gasteiger partial charge in [0.05, 0.1) is 6.54 Å². The van der Waals surface area contributed by atoms with Crippen LogP contribution < -0.4 is 10.2 Å². The zero-order valence-electron chi connectivity index (χ0n) is 18.1. The van der Waals surface area contributed by atoms with Crippen LogP contribution in [0.25, 0.3) is 10.9 Å². The Morgan fingerprint density at radius 2 is 1.68 bits per heavy atom. The number of nitrogens with zero attached hydrogens (tertiary/aromatic N) is 2. The van der Waals surface area contributed by atoms with Crippen molar-refractivity contribution >= 4 is 28.2 Å². The number of benzene rings is 2. The minimum Gasteiger partial charge on any atom is -0.372 e. The second kappa shape index (κ2) is 9.15. The predicted molar refractivity (Wildman–Crippen MR) is 128 cm³/mol. The smallest absolute Gasteiger partial charge is 0.238 e. The number of hydrogen-bond acceptors (Lipinski definition) is 3. The molecule has 0 spiro atoms. The van der Waals surface area contributed by atoms with E-state index in [9.17, 15) is 4.79 Å². The second-order valence-electron chi connectivity index (χ2n) is 8.98. The molecule has 2 fully saturated rings. The summed E-state index contributed by atoms with van der Waals surface area (Å²) in [6, 6.07) is 16.9. The Hall–Kier alpha value is -2.79. The third kappa shape index (κ3) is 4.62. The maximum Gasteiger partial charge on any atom is 0.238 e. The van der Waals surface area contributed by atoms with E-state index in [-0.39, 0.29) is 5.91 Å². The van der Waals surface area contributed by atoms with Crippen molar-refractivity contribution in [3.05, 3.63) is 60.3 Å². The number of nitrogens with one attached hydrogen (secondary N) is 2. The molecule has 31 heavy (non-hydrogen) atoms. The van der Waals surface area contributed by atoms with Gasteiger partial charge < -0.3 is 15.2 Å². The first-order valence-electron chi connectivity index (χ1n) is 11.7. The van der Waals surface area contributed by atoms with Crippen LogP contribution in [-0.4, -0.2) is 48.5 Å². The molecule has 0 aliphatic carbocycles. The molecule has 1 amide bonds. The van der Waals surface area contributed by atoms with Gasteiger partial charge in [0, 0.05) is 41.6 Å². The first kappa shape index (κ1) is 20.1. The topological polar surface area (TPSA) is 51.4 Å². The Morgan fingerprint density at radius 1 is 0.935 bits per heavy atom. The van der Waals surface area contributed by atoms with Gasteiger partial charge in [-0.1, -0.05) is 18.2 Å². The largest absolute Gasteiger partial charge is 0.372 e. The molecule has 2 aromatic carbocycles. The summed E-state index contributed by atoms with van der Waals surface area (Å²) in [6.07, 6.45) is 8.25. The number of fused-ring (bicyclic) bond motifs is 1. The van der Waals surface area contributed by atoms with Crippen molar-refractivity contribution in [2.75, 3.05) is 42.9 Å². The van der Waals surface area contributed by atoms with E-state index in [0.29, 0.717) is 12.5 Å². The Morgan fingerprint density at radius 3 is 2.45 bits per heavy atom. The van der Waals surface area contributed by atoms with E-state index in [4.69, 9.17) is 0 Å². The van der Waals surface area contributed by atoms with Crippen LogP contribution in [0, 0.1) is 0 Å². The molecule has 3 heterocycles. The highest BCUT2D eigenvalue weighted by Gasteiger charge is 2.24. The molecular weight excluding hydrogens is 384 g/mol. The normalized spacial score (nSPS) is 18.4. The van der Waals surface area contributed by atoms with Gasteiger partial charge in [0.15, 0.2) is 0 Å². The average Bonchev–Trinajstić information content (AvgIpc) is 3.25. The van der Waals surface area contributed by atoms with Crippen molar-refractivity contribution in [3.63, 3.8) is 0 Å². The Balaban J connectivity index is 1.11. The lowest BCUT2D eigenvalue weighted by Gasteiger charge is -2.31. The van der Waals surface area contributed by atoms with Crippen molar-refractivity contribution in [1.82, 2.24) is 9.88 Å². The molecule has 3 aromatic rings. The summed E-state index contributed by atoms with van der Waals surface area (Å²) < 4.78 is 0. The lowest BCUT2D eigenvalue weighted by atomic mass is 9.89. The van der Waals surface area contributed by atoms with Crippen LogP contribution in [-0.2, 0) is 4.79 Å². The Labute approximate surface area is 184 Å². The highest BCUT2D eigenvalue weighted by Crippen LogP contribution is 2.33. The summed E-state index contributed by atoms with van der Waals surface area (Å²) in [5.74, 6) is 0.647. The molecule has 2 N–H and O–H groups in total. The van der Waals surface area contributed by atoms with E-state index in [1.54, 1.807) is 0 Å². The van der Waals surface area contributed by atoms with Gasteiger partial charge in [-0.15, -0.1) is 0 Å². The standard InChI is InChI=1S/C26H32N4O/c31-26(28-21-8-10-22(11-9-21)30-14-4-1-5-15-30)19-29-16-12-20(13-17-29)24-18-27-25-7-3-2-6-23(24)25/h2-3,6-11,18,20,27H,1,4-5,12-17,19H2,(H,28,31). The minimum atomic E-state index is 0.0799. The molecular formula is C26H32N4O. The fraction of sp³-hybridized carbons (Fsp3) is 0.423. The van der Waals surface area contributed by atoms with E-state index in [1.807, 2.05) is 12.1 Å². The maximum absolute atomic E-state index is 12.6. The number of carbonyl (C=O) groups is 1. The summed E-state index contributed by atoms with van der Waals surface area (Å²) in [7, 11) is 0. The molecule has 5 nitrogen and oxygen atoms in total. The number of likely N-dealkylation sites (tertiary alicyclic amines) is 1. The molecule has 2 saturated heterocycles. The van der Waals surface area contributed by atoms with Crippen LogP contribution >= 0.6 is 0 Å². The van der Waals surface area contributed by atoms with Crippen molar-refractivity contribution < 1.29 is 4.79 Å². The number of carbonyl (C=O) groups excluding carboxylic acids is 1. The molecule has 2 aliphatic rings. The molecule has 162 valence electrons. The number of rotatable bonds is 5. The van der Waals surface area contributed by atoms with E-state index in [0.717, 1.165) is 44.7 Å². The van der Waals surface area contributed by atoms with Crippen LogP contribution in [0.1, 0.15) is 43.6 Å². The molecule has 0 unspecified atom stereocenters. The van der Waals surface area contributed by atoms with Gasteiger partial charge in [0.25, 0.3) is 0 Å². The van der Waals surface area contributed by atoms with Gasteiger partial charge in [-0.25, -0.2) is 0 Å². The SMILES string of the molecule is O=C(CN1CCC(c2c[nH]c3ccccc23)CC1)Nc1ccc(N2CCCCC2)cc1. The number of H-pyrrole nitrogens is 1. The fourth-order valence-corrected chi connectivity index (χ4v) is 5.15. The van der Waals surface area contributed by atoms with Gasteiger partial charge in [-0.3, -0.25) is 9.69 Å². The molecule has 5 heteroatoms. The maximum atomic E-state index is 12.6. The monoisotopic (exact) mass is 416 g/mol. The predicted octanol–water partition coefficient (Wildman–Crippen LogP) is 4.98. The summed E-state index contributed by atoms with van der Waals surface area (Å²) >= 11 is 0. The van der Waals surface area contributed by atoms with E-state index >= 15 is 0 Å². The molecule has 2 aliphatic heterocycles. The third-order valence-electron chi connectivity index (χ3n) is 6.89. The molecule has 0 saturated carbocycles. The quantitative estimate of drug-likeness (QED) is 0.617. The Bertz CT molecular complexity index is 1010. The first-order chi connectivity index (χ1) is 15.3. The number of hydrogen-bond donors (Lipinski definition) is 2. The minimum absolute atomic E-state index is 0.0799. The van der Waals surface area contributed by atoms with Gasteiger partial charge in [-0.2, -0.15) is 0 Å². The third-order valence-corrected chi connectivity index (χ3v) is 6.89. The zero-order chi connectivity index (χ0) is 21.0. The highest BCUT2D eigenvalue weighted by molar-refractivity contribution is 5.92. The van der Waals surface area contributed by atoms with E-state index in [1.165, 1.54) is 41.4 Å². The van der Waals surface area contributed by atoms with E-state index < -0.39 is 0 Å². The zero-order valence-corrected chi connectivity index (χ0v) is 18.1. The van der Waals surface area contributed by atoms with Gasteiger partial charge in [0.2, 0.25) is 5.91 Å². The Kier molecular flexibility index (Phi) is 5.94. The lowest BCUT2D eigenvalue weighted by molar-refractivity contribution is -0.117. The lowest BCUT2D eigenvalue weighted by Crippen LogP contribution is -2.38. The number of para-hydroxylation sites is 1. The molecule has 0 atom stereocenters. The molecule has 0 radical (unpaired) electrons. The number of aromatic nitrogens is 1. The summed E-state index contributed by atoms with van der Waals surface area (Å²) in [5, 5.41) is 4.42. The van der Waals surface area contributed by atoms with Gasteiger partial charge in [-0.05, 0) is 87.0 Å². The highest BCUT2D eigenvalue weighted by atomic mass is 16.2. The number of piperidine rings is 2. The van der Waals surface area contributed by atoms with Crippen LogP contribution in [0.3, 0.4) is 0 Å². The molecule has 0 bridgehead atoms. The second-order valence-corrected chi connectivity index (χ2v) is 8.98. The van der Waals surface area contributed by atoms with Crippen LogP contribution in [0.15, 0.2) is 54.7 Å². The summed E-state index contributed by atoms with van der Waals surface area (Å²) in [4.78, 5) is 20.7. The molecule has 1 aromatic heterocycles. The summed E-state index contributed by atoms with van der Waals surface area (Å²) in [6.45, 7) is 4.67. The van der Waals surface area contributed by atoms with Crippen LogP contribution in [0.5, 0.6) is 0 Å². The number of aromatic amines is 1. The van der Waals surface area contributed by atoms with Crippen molar-refractivity contribution in [1.29, 1.82) is 0 Å². The van der Waals surface area contributed by atoms with Crippen LogP contribution in [0.2, 0.25) is 0 Å². The van der Waals surface area contributed by atoms with Crippen molar-refractivity contribution in [2.24, 2.45) is 0 Å². The first-order valence-corrected chi connectivity index (χ1v) is 11.7. The molecule has 5 rings (SSSR count). The number of amides is 1.